The first-order valence-corrected chi connectivity index (χ1v) is 7.12. The van der Waals surface area contributed by atoms with E-state index in [1.54, 1.807) is 13.3 Å². The molecule has 0 aliphatic heterocycles. The molecule has 0 aliphatic carbocycles. The summed E-state index contributed by atoms with van der Waals surface area (Å²) in [5.74, 6) is 0.692. The molecule has 112 valence electrons. The average molecular weight is 287 g/mol. The zero-order valence-corrected chi connectivity index (χ0v) is 12.5. The van der Waals surface area contributed by atoms with Gasteiger partial charge in [0.1, 0.15) is 5.75 Å². The van der Waals surface area contributed by atoms with Gasteiger partial charge in [0, 0.05) is 19.1 Å². The molecule has 0 bridgehead atoms. The van der Waals surface area contributed by atoms with Crippen LogP contribution < -0.4 is 4.74 Å². The van der Waals surface area contributed by atoms with Gasteiger partial charge in [0.25, 0.3) is 0 Å². The van der Waals surface area contributed by atoms with Gasteiger partial charge in [-0.05, 0) is 23.8 Å². The van der Waals surface area contributed by atoms with Gasteiger partial charge in [-0.25, -0.2) is 0 Å². The number of methoxy groups -OCH3 is 1. The Hall–Kier alpha value is -1.91. The van der Waals surface area contributed by atoms with Gasteiger partial charge in [0.2, 0.25) is 0 Å². The van der Waals surface area contributed by atoms with Crippen LogP contribution in [0.15, 0.2) is 42.6 Å². The van der Waals surface area contributed by atoms with E-state index in [4.69, 9.17) is 9.47 Å². The number of benzene rings is 1. The summed E-state index contributed by atoms with van der Waals surface area (Å²) in [4.78, 5) is 4.41. The molecule has 1 atom stereocenters. The molecule has 2 rings (SSSR count). The number of hydrogen-bond donors (Lipinski definition) is 1. The van der Waals surface area contributed by atoms with Crippen molar-refractivity contribution in [2.45, 2.75) is 32.7 Å². The van der Waals surface area contributed by atoms with Crippen molar-refractivity contribution in [3.63, 3.8) is 0 Å². The maximum atomic E-state index is 9.18. The third-order valence-electron chi connectivity index (χ3n) is 3.20. The summed E-state index contributed by atoms with van der Waals surface area (Å²) >= 11 is 0. The van der Waals surface area contributed by atoms with Crippen molar-refractivity contribution >= 4 is 0 Å². The minimum atomic E-state index is -0.236. The average Bonchev–Trinajstić information content (AvgIpc) is 2.55. The van der Waals surface area contributed by atoms with Crippen molar-refractivity contribution in [1.29, 1.82) is 0 Å². The first-order chi connectivity index (χ1) is 10.3. The molecule has 21 heavy (non-hydrogen) atoms. The van der Waals surface area contributed by atoms with Gasteiger partial charge in [0.15, 0.2) is 6.29 Å². The van der Waals surface area contributed by atoms with Crippen molar-refractivity contribution in [3.8, 4) is 17.0 Å². The number of rotatable bonds is 7. The van der Waals surface area contributed by atoms with E-state index in [9.17, 15) is 5.11 Å². The van der Waals surface area contributed by atoms with E-state index >= 15 is 0 Å². The molecule has 2 aromatic rings. The van der Waals surface area contributed by atoms with Gasteiger partial charge in [-0.1, -0.05) is 31.5 Å². The lowest BCUT2D eigenvalue weighted by Crippen LogP contribution is -2.18. The lowest BCUT2D eigenvalue weighted by molar-refractivity contribution is -0.0585. The van der Waals surface area contributed by atoms with Crippen LogP contribution in [-0.4, -0.2) is 23.5 Å². The van der Waals surface area contributed by atoms with Gasteiger partial charge in [-0.15, -0.1) is 0 Å². The minimum absolute atomic E-state index is 0.0293. The van der Waals surface area contributed by atoms with Gasteiger partial charge in [-0.2, -0.15) is 0 Å². The van der Waals surface area contributed by atoms with Gasteiger partial charge in [-0.3, -0.25) is 4.98 Å². The molecule has 4 heteroatoms. The lowest BCUT2D eigenvalue weighted by Gasteiger charge is -2.16. The number of aromatic nitrogens is 1. The first-order valence-electron chi connectivity index (χ1n) is 7.12. The van der Waals surface area contributed by atoms with Crippen LogP contribution in [0.25, 0.3) is 11.3 Å². The largest absolute Gasteiger partial charge is 0.463 e. The number of pyridine rings is 1. The number of aliphatic hydroxyl groups is 1. The predicted octanol–water partition coefficient (Wildman–Crippen LogP) is 3.39. The van der Waals surface area contributed by atoms with Crippen LogP contribution in [0.5, 0.6) is 5.75 Å². The quantitative estimate of drug-likeness (QED) is 0.793. The lowest BCUT2D eigenvalue weighted by atomic mass is 10.1. The molecule has 0 radical (unpaired) electrons. The Bertz CT molecular complexity index is 554. The third-order valence-corrected chi connectivity index (χ3v) is 3.20. The third kappa shape index (κ3) is 4.28. The highest BCUT2D eigenvalue weighted by atomic mass is 16.7. The van der Waals surface area contributed by atoms with Gasteiger partial charge < -0.3 is 14.6 Å². The number of ether oxygens (including phenoxy) is 2. The minimum Gasteiger partial charge on any atom is -0.463 e. The monoisotopic (exact) mass is 287 g/mol. The molecule has 0 saturated heterocycles. The molecule has 1 aromatic carbocycles. The first kappa shape index (κ1) is 15.5. The molecule has 0 fully saturated rings. The van der Waals surface area contributed by atoms with Crippen LogP contribution in [0, 0.1) is 0 Å². The van der Waals surface area contributed by atoms with Crippen molar-refractivity contribution in [3.05, 3.63) is 48.2 Å². The van der Waals surface area contributed by atoms with Gasteiger partial charge in [0.05, 0.1) is 18.5 Å². The highest BCUT2D eigenvalue weighted by Gasteiger charge is 2.08. The number of nitrogens with zero attached hydrogens (tertiary/aromatic N) is 1. The molecule has 0 spiro atoms. The molecule has 1 N–H and O–H groups in total. The fourth-order valence-corrected chi connectivity index (χ4v) is 2.06. The van der Waals surface area contributed by atoms with Crippen molar-refractivity contribution in [2.75, 3.05) is 7.11 Å². The number of hydrogen-bond acceptors (Lipinski definition) is 4. The van der Waals surface area contributed by atoms with Crippen LogP contribution in [0.1, 0.15) is 25.3 Å². The van der Waals surface area contributed by atoms with Crippen LogP contribution in [0.2, 0.25) is 0 Å². The Balaban J connectivity index is 2.10. The Morgan fingerprint density at radius 2 is 2.10 bits per heavy atom. The summed E-state index contributed by atoms with van der Waals surface area (Å²) < 4.78 is 11.0. The van der Waals surface area contributed by atoms with Crippen LogP contribution in [0.3, 0.4) is 0 Å². The smallest absolute Gasteiger partial charge is 0.199 e. The molecule has 0 amide bonds. The Kier molecular flexibility index (Phi) is 5.72. The van der Waals surface area contributed by atoms with E-state index in [1.807, 2.05) is 36.4 Å². The topological polar surface area (TPSA) is 51.6 Å². The number of aliphatic hydroxyl groups excluding tert-OH is 1. The molecular formula is C17H21NO3. The highest BCUT2D eigenvalue weighted by Crippen LogP contribution is 2.21. The fourth-order valence-electron chi connectivity index (χ4n) is 2.06. The standard InChI is InChI=1S/C17H21NO3/c1-3-5-17(20-2)21-15-8-9-16(18-11-15)14-7-4-6-13(10-14)12-19/h4,6-11,17,19H,3,5,12H2,1-2H3. The molecular weight excluding hydrogens is 266 g/mol. The van der Waals surface area contributed by atoms with Crippen LogP contribution >= 0.6 is 0 Å². The summed E-state index contributed by atoms with van der Waals surface area (Å²) in [5, 5.41) is 9.18. The van der Waals surface area contributed by atoms with Crippen molar-refractivity contribution < 1.29 is 14.6 Å². The molecule has 1 aromatic heterocycles. The van der Waals surface area contributed by atoms with Gasteiger partial charge >= 0.3 is 0 Å². The Morgan fingerprint density at radius 1 is 1.24 bits per heavy atom. The summed E-state index contributed by atoms with van der Waals surface area (Å²) in [6.07, 6.45) is 3.30. The molecule has 0 saturated carbocycles. The predicted molar refractivity (Wildman–Crippen MR) is 81.9 cm³/mol. The zero-order chi connectivity index (χ0) is 15.1. The van der Waals surface area contributed by atoms with E-state index in [1.165, 1.54) is 0 Å². The van der Waals surface area contributed by atoms with E-state index in [0.29, 0.717) is 5.75 Å². The van der Waals surface area contributed by atoms with E-state index in [-0.39, 0.29) is 12.9 Å². The summed E-state index contributed by atoms with van der Waals surface area (Å²) in [7, 11) is 1.64. The highest BCUT2D eigenvalue weighted by molar-refractivity contribution is 5.60. The SMILES string of the molecule is CCCC(OC)Oc1ccc(-c2cccc(CO)c2)nc1. The molecule has 1 unspecified atom stereocenters. The van der Waals surface area contributed by atoms with Crippen LogP contribution in [0.4, 0.5) is 0 Å². The Labute approximate surface area is 125 Å². The fraction of sp³-hybridized carbons (Fsp3) is 0.353. The van der Waals surface area contributed by atoms with Crippen molar-refractivity contribution in [2.24, 2.45) is 0 Å². The second kappa shape index (κ2) is 7.76. The maximum Gasteiger partial charge on any atom is 0.199 e. The summed E-state index contributed by atoms with van der Waals surface area (Å²) in [6.45, 7) is 2.12. The molecule has 0 aliphatic rings. The van der Waals surface area contributed by atoms with E-state index in [0.717, 1.165) is 29.7 Å². The normalized spacial score (nSPS) is 12.1. The molecule has 1 heterocycles. The summed E-state index contributed by atoms with van der Waals surface area (Å²) in [5.41, 5.74) is 2.70. The summed E-state index contributed by atoms with van der Waals surface area (Å²) in [6, 6.07) is 11.5. The van der Waals surface area contributed by atoms with E-state index in [2.05, 4.69) is 11.9 Å². The molecule has 4 nitrogen and oxygen atoms in total. The van der Waals surface area contributed by atoms with Crippen LogP contribution in [-0.2, 0) is 11.3 Å². The zero-order valence-electron chi connectivity index (χ0n) is 12.5. The van der Waals surface area contributed by atoms with Crippen molar-refractivity contribution in [1.82, 2.24) is 4.98 Å². The second-order valence-corrected chi connectivity index (χ2v) is 4.81. The second-order valence-electron chi connectivity index (χ2n) is 4.81. The van der Waals surface area contributed by atoms with E-state index < -0.39 is 0 Å². The maximum absolute atomic E-state index is 9.18. The Morgan fingerprint density at radius 3 is 2.71 bits per heavy atom.